The molecule has 1 saturated carbocycles. The van der Waals surface area contributed by atoms with Crippen molar-refractivity contribution in [2.75, 3.05) is 26.2 Å². The average Bonchev–Trinajstić information content (AvgIpc) is 3.97. The van der Waals surface area contributed by atoms with Crippen LogP contribution in [0, 0.1) is 29.5 Å². The summed E-state index contributed by atoms with van der Waals surface area (Å²) in [6.45, 7) is 13.5. The first-order valence-corrected chi connectivity index (χ1v) is 20.0. The van der Waals surface area contributed by atoms with Crippen molar-refractivity contribution >= 4 is 5.91 Å². The lowest BCUT2D eigenvalue weighted by atomic mass is 9.83. The van der Waals surface area contributed by atoms with Crippen molar-refractivity contribution in [2.24, 2.45) is 23.7 Å². The largest absolute Gasteiger partial charge is 0.356 e. The van der Waals surface area contributed by atoms with Gasteiger partial charge in [-0.15, -0.1) is 0 Å². The van der Waals surface area contributed by atoms with E-state index in [1.165, 1.54) is 37.8 Å². The maximum absolute atomic E-state index is 14.2. The minimum Gasteiger partial charge on any atom is -0.356 e. The molecule has 0 radical (unpaired) electrons. The number of carbonyl (C=O) groups excluding carboxylic acids is 1. The monoisotopic (exact) mass is 724 g/mol. The van der Waals surface area contributed by atoms with Gasteiger partial charge in [0.15, 0.2) is 5.76 Å². The van der Waals surface area contributed by atoms with Crippen molar-refractivity contribution in [3.63, 3.8) is 0 Å². The topological polar surface area (TPSA) is 99.7 Å². The number of piperazine rings is 2. The van der Waals surface area contributed by atoms with Gasteiger partial charge in [0.05, 0.1) is 5.69 Å². The second-order valence-corrected chi connectivity index (χ2v) is 16.5. The Morgan fingerprint density at radius 1 is 0.830 bits per heavy atom. The van der Waals surface area contributed by atoms with Crippen LogP contribution in [0.1, 0.15) is 88.9 Å². The van der Waals surface area contributed by atoms with E-state index in [0.717, 1.165) is 68.0 Å². The zero-order valence-corrected chi connectivity index (χ0v) is 31.8. The molecule has 7 rings (SSSR count). The molecule has 2 aromatic carbocycles. The Labute approximate surface area is 314 Å². The summed E-state index contributed by atoms with van der Waals surface area (Å²) < 4.78 is 25.0. The summed E-state index contributed by atoms with van der Waals surface area (Å²) in [5, 5.41) is 16.4. The molecule has 0 bridgehead atoms. The third kappa shape index (κ3) is 9.27. The van der Waals surface area contributed by atoms with Gasteiger partial charge in [0.25, 0.3) is 5.91 Å². The molecule has 1 amide bonds. The standard InChI is InChI=1S/C43H57FN6O3/c1-28(2)18-37-23-45-35(25-49(37)26-36-21-41(52-47-36)33-12-6-5-7-13-33)19-29(3)30(4)20-38-24-46-40(31-10-8-9-11-31)27-50(38)43(51)42-22-39(48-53-42)32-14-16-34(44)17-15-32/h5-7,12-17,21-22,28-31,35,37-38,40,45-46H,8-11,18-20,23-27H2,1-4H3. The SMILES string of the molecule is CC(C)CC1CNC(CC(C)C(C)CC2CNC(C3CCCC3)CN2C(=O)c2cc(-c3ccc(F)cc3)no2)CN1Cc1cc(-c2ccccc2)on1. The molecule has 2 aromatic heterocycles. The van der Waals surface area contributed by atoms with Crippen molar-refractivity contribution in [3.8, 4) is 22.6 Å². The van der Waals surface area contributed by atoms with Crippen LogP contribution in [0.5, 0.6) is 0 Å². The van der Waals surface area contributed by atoms with Crippen molar-refractivity contribution in [2.45, 2.75) is 103 Å². The predicted molar refractivity (Wildman–Crippen MR) is 205 cm³/mol. The zero-order valence-electron chi connectivity index (χ0n) is 31.8. The number of amides is 1. The smallest absolute Gasteiger partial charge is 0.292 e. The first-order chi connectivity index (χ1) is 25.7. The summed E-state index contributed by atoms with van der Waals surface area (Å²) in [7, 11) is 0. The number of benzene rings is 2. The van der Waals surface area contributed by atoms with Gasteiger partial charge in [0.2, 0.25) is 5.76 Å². The molecule has 1 aliphatic carbocycles. The fourth-order valence-corrected chi connectivity index (χ4v) is 8.96. The fourth-order valence-electron chi connectivity index (χ4n) is 8.96. The normalized spacial score (nSPS) is 24.2. The van der Waals surface area contributed by atoms with Crippen LogP contribution in [0.3, 0.4) is 0 Å². The fraction of sp³-hybridized carbons (Fsp3) is 0.558. The van der Waals surface area contributed by atoms with Gasteiger partial charge in [-0.05, 0) is 80.0 Å². The molecular weight excluding hydrogens is 668 g/mol. The van der Waals surface area contributed by atoms with Crippen LogP contribution in [0.25, 0.3) is 22.6 Å². The molecule has 2 saturated heterocycles. The summed E-state index contributed by atoms with van der Waals surface area (Å²) in [5.74, 6) is 2.68. The van der Waals surface area contributed by atoms with Gasteiger partial charge in [-0.3, -0.25) is 9.69 Å². The third-order valence-electron chi connectivity index (χ3n) is 12.2. The first-order valence-electron chi connectivity index (χ1n) is 20.0. The highest BCUT2D eigenvalue weighted by molar-refractivity contribution is 5.92. The quantitative estimate of drug-likeness (QED) is 0.143. The molecule has 4 heterocycles. The Kier molecular flexibility index (Phi) is 12.1. The van der Waals surface area contributed by atoms with Gasteiger partial charge in [0.1, 0.15) is 11.5 Å². The van der Waals surface area contributed by atoms with Crippen molar-refractivity contribution < 1.29 is 18.2 Å². The molecule has 0 spiro atoms. The van der Waals surface area contributed by atoms with E-state index in [0.29, 0.717) is 48.0 Å². The molecule has 2 aliphatic heterocycles. The Morgan fingerprint density at radius 2 is 1.57 bits per heavy atom. The predicted octanol–water partition coefficient (Wildman–Crippen LogP) is 8.05. The second-order valence-electron chi connectivity index (χ2n) is 16.5. The Hall–Kier alpha value is -3.86. The van der Waals surface area contributed by atoms with E-state index in [4.69, 9.17) is 9.05 Å². The van der Waals surface area contributed by atoms with E-state index in [1.54, 1.807) is 18.2 Å². The number of halogens is 1. The lowest BCUT2D eigenvalue weighted by molar-refractivity contribution is 0.0439. The summed E-state index contributed by atoms with van der Waals surface area (Å²) in [5.41, 5.74) is 3.28. The maximum Gasteiger partial charge on any atom is 0.292 e. The summed E-state index contributed by atoms with van der Waals surface area (Å²) >= 11 is 0. The van der Waals surface area contributed by atoms with E-state index >= 15 is 0 Å². The highest BCUT2D eigenvalue weighted by atomic mass is 19.1. The number of hydrogen-bond acceptors (Lipinski definition) is 8. The van der Waals surface area contributed by atoms with Crippen LogP contribution in [-0.4, -0.2) is 76.4 Å². The molecule has 4 aromatic rings. The second kappa shape index (κ2) is 17.1. The molecule has 6 atom stereocenters. The van der Waals surface area contributed by atoms with Crippen LogP contribution in [0.2, 0.25) is 0 Å². The van der Waals surface area contributed by atoms with E-state index in [1.807, 2.05) is 18.2 Å². The minimum atomic E-state index is -0.311. The molecule has 2 N–H and O–H groups in total. The summed E-state index contributed by atoms with van der Waals surface area (Å²) in [6, 6.07) is 21.2. The van der Waals surface area contributed by atoms with Gasteiger partial charge in [0, 0.05) is 80.2 Å². The Balaban J connectivity index is 1.00. The first kappa shape index (κ1) is 37.5. The van der Waals surface area contributed by atoms with Crippen LogP contribution in [0.15, 0.2) is 75.8 Å². The average molecular weight is 725 g/mol. The number of rotatable bonds is 13. The molecule has 53 heavy (non-hydrogen) atoms. The lowest BCUT2D eigenvalue weighted by Gasteiger charge is -2.44. The van der Waals surface area contributed by atoms with Crippen LogP contribution < -0.4 is 10.6 Å². The van der Waals surface area contributed by atoms with Crippen LogP contribution in [-0.2, 0) is 6.54 Å². The highest BCUT2D eigenvalue weighted by Gasteiger charge is 2.39. The molecule has 284 valence electrons. The summed E-state index contributed by atoms with van der Waals surface area (Å²) in [4.78, 5) is 18.9. The number of hydrogen-bond donors (Lipinski definition) is 2. The number of carbonyl (C=O) groups is 1. The van der Waals surface area contributed by atoms with Gasteiger partial charge in [-0.2, -0.15) is 0 Å². The molecular formula is C43H57FN6O3. The number of nitrogens with one attached hydrogen (secondary N) is 2. The van der Waals surface area contributed by atoms with E-state index < -0.39 is 0 Å². The molecule has 10 heteroatoms. The number of aromatic nitrogens is 2. The van der Waals surface area contributed by atoms with E-state index in [-0.39, 0.29) is 29.6 Å². The molecule has 3 aliphatic rings. The number of nitrogens with zero attached hydrogens (tertiary/aromatic N) is 4. The highest BCUT2D eigenvalue weighted by Crippen LogP contribution is 2.33. The Morgan fingerprint density at radius 3 is 2.32 bits per heavy atom. The molecule has 6 unspecified atom stereocenters. The van der Waals surface area contributed by atoms with Crippen LogP contribution in [0.4, 0.5) is 4.39 Å². The summed E-state index contributed by atoms with van der Waals surface area (Å²) in [6.07, 6.45) is 8.04. The van der Waals surface area contributed by atoms with Gasteiger partial charge >= 0.3 is 0 Å². The van der Waals surface area contributed by atoms with Crippen molar-refractivity contribution in [3.05, 3.63) is 84.0 Å². The maximum atomic E-state index is 14.2. The molecule has 3 fully saturated rings. The van der Waals surface area contributed by atoms with Gasteiger partial charge in [-0.1, -0.05) is 81.2 Å². The van der Waals surface area contributed by atoms with Gasteiger partial charge < -0.3 is 24.6 Å². The van der Waals surface area contributed by atoms with E-state index in [9.17, 15) is 9.18 Å². The lowest BCUT2D eigenvalue weighted by Crippen LogP contribution is -2.60. The third-order valence-corrected chi connectivity index (χ3v) is 12.2. The minimum absolute atomic E-state index is 0.0502. The van der Waals surface area contributed by atoms with Crippen molar-refractivity contribution in [1.29, 1.82) is 0 Å². The van der Waals surface area contributed by atoms with Crippen LogP contribution >= 0.6 is 0 Å². The Bertz CT molecular complexity index is 1750. The zero-order chi connectivity index (χ0) is 36.9. The molecule has 9 nitrogen and oxygen atoms in total. The van der Waals surface area contributed by atoms with Crippen molar-refractivity contribution in [1.82, 2.24) is 30.7 Å². The van der Waals surface area contributed by atoms with Gasteiger partial charge in [-0.25, -0.2) is 4.39 Å². The van der Waals surface area contributed by atoms with E-state index in [2.05, 4.69) is 76.6 Å².